The molecule has 2 aromatic rings. The number of benzene rings is 2. The summed E-state index contributed by atoms with van der Waals surface area (Å²) < 4.78 is 10.6. The highest BCUT2D eigenvalue weighted by molar-refractivity contribution is 5.72. The number of rotatable bonds is 7. The second kappa shape index (κ2) is 8.81. The Labute approximate surface area is 130 Å². The zero-order valence-corrected chi connectivity index (χ0v) is 12.6. The van der Waals surface area contributed by atoms with Gasteiger partial charge in [0.2, 0.25) is 0 Å². The highest BCUT2D eigenvalue weighted by Crippen LogP contribution is 2.16. The molecule has 0 spiro atoms. The predicted molar refractivity (Wildman–Crippen MR) is 84.4 cm³/mol. The highest BCUT2D eigenvalue weighted by Gasteiger charge is 2.16. The van der Waals surface area contributed by atoms with Gasteiger partial charge in [0, 0.05) is 13.5 Å². The third-order valence-corrected chi connectivity index (χ3v) is 3.15. The van der Waals surface area contributed by atoms with Crippen LogP contribution in [0.25, 0.3) is 0 Å². The van der Waals surface area contributed by atoms with Crippen LogP contribution in [0.1, 0.15) is 11.1 Å². The van der Waals surface area contributed by atoms with Gasteiger partial charge in [-0.3, -0.25) is 0 Å². The van der Waals surface area contributed by atoms with E-state index in [1.54, 1.807) is 0 Å². The molecule has 0 bridgehead atoms. The van der Waals surface area contributed by atoms with Crippen LogP contribution >= 0.6 is 0 Å². The molecule has 4 N–H and O–H groups in total. The van der Waals surface area contributed by atoms with Crippen molar-refractivity contribution in [1.82, 2.24) is 6.15 Å². The number of carbonyl (C=O) groups is 1. The number of carboxylic acid groups (broad SMARTS) is 1. The van der Waals surface area contributed by atoms with Gasteiger partial charge in [-0.25, -0.2) is 4.79 Å². The van der Waals surface area contributed by atoms with Crippen LogP contribution in [0.3, 0.4) is 0 Å². The molecular formula is C17H21NO4. The highest BCUT2D eigenvalue weighted by atomic mass is 16.5. The van der Waals surface area contributed by atoms with Crippen molar-refractivity contribution in [3.05, 3.63) is 65.7 Å². The van der Waals surface area contributed by atoms with E-state index in [1.807, 2.05) is 54.6 Å². The summed E-state index contributed by atoms with van der Waals surface area (Å²) in [4.78, 5) is 10.9. The second-order valence-corrected chi connectivity index (χ2v) is 4.68. The summed E-state index contributed by atoms with van der Waals surface area (Å²) >= 11 is 0. The molecule has 0 aliphatic heterocycles. The molecule has 0 amide bonds. The number of carboxylic acids is 1. The van der Waals surface area contributed by atoms with Gasteiger partial charge >= 0.3 is 5.97 Å². The fraction of sp³-hybridized carbons (Fsp3) is 0.235. The van der Waals surface area contributed by atoms with Crippen LogP contribution in [0.15, 0.2) is 54.6 Å². The van der Waals surface area contributed by atoms with Crippen LogP contribution in [-0.2, 0) is 22.6 Å². The number of hydrogen-bond acceptors (Lipinski definition) is 4. The van der Waals surface area contributed by atoms with Gasteiger partial charge in [0.1, 0.15) is 12.4 Å². The average molecular weight is 303 g/mol. The van der Waals surface area contributed by atoms with Crippen molar-refractivity contribution in [3.63, 3.8) is 0 Å². The molecule has 0 aliphatic rings. The summed E-state index contributed by atoms with van der Waals surface area (Å²) in [5.41, 5.74) is 2.00. The number of ether oxygens (including phenoxy) is 2. The van der Waals surface area contributed by atoms with E-state index in [1.165, 1.54) is 7.11 Å². The van der Waals surface area contributed by atoms with Crippen molar-refractivity contribution in [2.75, 3.05) is 7.11 Å². The van der Waals surface area contributed by atoms with Crippen LogP contribution in [-0.4, -0.2) is 24.3 Å². The topological polar surface area (TPSA) is 90.8 Å². The van der Waals surface area contributed by atoms with E-state index < -0.39 is 12.1 Å². The van der Waals surface area contributed by atoms with Gasteiger partial charge in [-0.1, -0.05) is 42.5 Å². The zero-order valence-electron chi connectivity index (χ0n) is 12.6. The van der Waals surface area contributed by atoms with Crippen molar-refractivity contribution >= 4 is 5.97 Å². The van der Waals surface area contributed by atoms with E-state index in [0.717, 1.165) is 16.9 Å². The summed E-state index contributed by atoms with van der Waals surface area (Å²) in [6.07, 6.45) is -0.480. The average Bonchev–Trinajstić information content (AvgIpc) is 2.52. The first-order valence-corrected chi connectivity index (χ1v) is 6.70. The first kappa shape index (κ1) is 17.7. The van der Waals surface area contributed by atoms with Crippen molar-refractivity contribution in [2.24, 2.45) is 0 Å². The molecule has 5 heteroatoms. The van der Waals surface area contributed by atoms with Crippen LogP contribution < -0.4 is 10.9 Å². The number of hydrogen-bond donors (Lipinski definition) is 2. The van der Waals surface area contributed by atoms with Gasteiger partial charge in [0.15, 0.2) is 6.10 Å². The quantitative estimate of drug-likeness (QED) is 0.820. The molecule has 0 saturated carbocycles. The third kappa shape index (κ3) is 5.20. The maximum atomic E-state index is 10.9. The SMILES string of the molecule is COC(Cc1ccc(OCc2ccccc2)cc1)C(=O)O.N. The Morgan fingerprint density at radius 3 is 2.23 bits per heavy atom. The molecule has 118 valence electrons. The van der Waals surface area contributed by atoms with Crippen molar-refractivity contribution in [1.29, 1.82) is 0 Å². The second-order valence-electron chi connectivity index (χ2n) is 4.68. The Morgan fingerprint density at radius 2 is 1.68 bits per heavy atom. The van der Waals surface area contributed by atoms with Crippen molar-refractivity contribution < 1.29 is 19.4 Å². The molecular weight excluding hydrogens is 282 g/mol. The van der Waals surface area contributed by atoms with Gasteiger partial charge in [-0.05, 0) is 23.3 Å². The molecule has 2 aromatic carbocycles. The summed E-state index contributed by atoms with van der Waals surface area (Å²) in [6, 6.07) is 17.3. The van der Waals surface area contributed by atoms with E-state index in [0.29, 0.717) is 13.0 Å². The summed E-state index contributed by atoms with van der Waals surface area (Å²) in [6.45, 7) is 0.510. The lowest BCUT2D eigenvalue weighted by Gasteiger charge is -2.11. The van der Waals surface area contributed by atoms with Gasteiger partial charge in [0.05, 0.1) is 0 Å². The summed E-state index contributed by atoms with van der Waals surface area (Å²) in [5.74, 6) is -0.200. The van der Waals surface area contributed by atoms with E-state index in [9.17, 15) is 4.79 Å². The minimum absolute atomic E-state index is 0. The van der Waals surface area contributed by atoms with E-state index >= 15 is 0 Å². The Kier molecular flexibility index (Phi) is 7.08. The van der Waals surface area contributed by atoms with E-state index in [2.05, 4.69) is 0 Å². The lowest BCUT2D eigenvalue weighted by Crippen LogP contribution is -2.24. The van der Waals surface area contributed by atoms with E-state index in [-0.39, 0.29) is 6.15 Å². The normalized spacial score (nSPS) is 11.3. The van der Waals surface area contributed by atoms with Gasteiger partial charge < -0.3 is 20.7 Å². The molecule has 0 heterocycles. The smallest absolute Gasteiger partial charge is 0.333 e. The fourth-order valence-corrected chi connectivity index (χ4v) is 1.95. The Morgan fingerprint density at radius 1 is 1.05 bits per heavy atom. The molecule has 1 atom stereocenters. The van der Waals surface area contributed by atoms with Crippen molar-refractivity contribution in [3.8, 4) is 5.75 Å². The van der Waals surface area contributed by atoms with Gasteiger partial charge in [-0.2, -0.15) is 0 Å². The lowest BCUT2D eigenvalue weighted by molar-refractivity contribution is -0.148. The Bertz CT molecular complexity index is 569. The minimum Gasteiger partial charge on any atom is -0.489 e. The molecule has 1 unspecified atom stereocenters. The maximum absolute atomic E-state index is 10.9. The van der Waals surface area contributed by atoms with Crippen LogP contribution in [0.5, 0.6) is 5.75 Å². The van der Waals surface area contributed by atoms with E-state index in [4.69, 9.17) is 14.6 Å². The number of aliphatic carboxylic acids is 1. The van der Waals surface area contributed by atoms with Crippen LogP contribution in [0.2, 0.25) is 0 Å². The van der Waals surface area contributed by atoms with Crippen LogP contribution in [0, 0.1) is 0 Å². The largest absolute Gasteiger partial charge is 0.489 e. The molecule has 0 aliphatic carbocycles. The zero-order chi connectivity index (χ0) is 15.1. The summed E-state index contributed by atoms with van der Waals surface area (Å²) in [5, 5.41) is 8.95. The van der Waals surface area contributed by atoms with Gasteiger partial charge in [0.25, 0.3) is 0 Å². The minimum atomic E-state index is -0.957. The molecule has 0 saturated heterocycles. The Balaban J connectivity index is 0.00000242. The lowest BCUT2D eigenvalue weighted by atomic mass is 10.1. The molecule has 0 fully saturated rings. The molecule has 0 aromatic heterocycles. The predicted octanol–water partition coefficient (Wildman–Crippen LogP) is 3.07. The molecule has 5 nitrogen and oxygen atoms in total. The van der Waals surface area contributed by atoms with Gasteiger partial charge in [-0.15, -0.1) is 0 Å². The summed E-state index contributed by atoms with van der Waals surface area (Å²) in [7, 11) is 1.40. The van der Waals surface area contributed by atoms with Crippen molar-refractivity contribution in [2.45, 2.75) is 19.1 Å². The molecule has 0 radical (unpaired) electrons. The standard InChI is InChI=1S/C17H18O4.H3N/c1-20-16(17(18)19)11-13-7-9-15(10-8-13)21-12-14-5-3-2-4-6-14;/h2-10,16H,11-12H2,1H3,(H,18,19);1H3. The monoisotopic (exact) mass is 303 g/mol. The molecule has 22 heavy (non-hydrogen) atoms. The first-order valence-electron chi connectivity index (χ1n) is 6.70. The Hall–Kier alpha value is -2.37. The molecule has 2 rings (SSSR count). The number of methoxy groups -OCH3 is 1. The fourth-order valence-electron chi connectivity index (χ4n) is 1.95. The maximum Gasteiger partial charge on any atom is 0.333 e. The van der Waals surface area contributed by atoms with Crippen LogP contribution in [0.4, 0.5) is 0 Å². The first-order chi connectivity index (χ1) is 10.2. The third-order valence-electron chi connectivity index (χ3n) is 3.15.